The Balaban J connectivity index is 1.41. The van der Waals surface area contributed by atoms with E-state index in [4.69, 9.17) is 4.84 Å². The van der Waals surface area contributed by atoms with Crippen molar-refractivity contribution in [2.45, 2.75) is 63.7 Å². The number of amides is 1. The number of aromatic nitrogens is 1. The minimum atomic E-state index is -1.32. The van der Waals surface area contributed by atoms with Gasteiger partial charge in [0.25, 0.3) is 0 Å². The lowest BCUT2D eigenvalue weighted by Crippen LogP contribution is -2.48. The van der Waals surface area contributed by atoms with Gasteiger partial charge >= 0.3 is 5.97 Å². The summed E-state index contributed by atoms with van der Waals surface area (Å²) in [5.74, 6) is -1.91. The minimum Gasteiger partial charge on any atom is -0.477 e. The lowest BCUT2D eigenvalue weighted by Gasteiger charge is -2.41. The van der Waals surface area contributed by atoms with Crippen LogP contribution < -0.4 is 10.3 Å². The van der Waals surface area contributed by atoms with Crippen LogP contribution in [-0.4, -0.2) is 58.8 Å². The fourth-order valence-corrected chi connectivity index (χ4v) is 7.03. The van der Waals surface area contributed by atoms with Gasteiger partial charge in [0.05, 0.1) is 35.4 Å². The van der Waals surface area contributed by atoms with E-state index in [1.807, 2.05) is 16.0 Å². The van der Waals surface area contributed by atoms with E-state index in [0.29, 0.717) is 30.8 Å². The second-order valence-electron chi connectivity index (χ2n) is 12.3. The average Bonchev–Trinajstić information content (AvgIpc) is 3.76. The van der Waals surface area contributed by atoms with E-state index in [9.17, 15) is 19.5 Å². The summed E-state index contributed by atoms with van der Waals surface area (Å²) in [6, 6.07) is 8.86. The highest BCUT2D eigenvalue weighted by atomic mass is 19.1. The van der Waals surface area contributed by atoms with Gasteiger partial charge in [-0.3, -0.25) is 9.59 Å². The number of halogens is 1. The molecule has 1 aromatic heterocycles. The van der Waals surface area contributed by atoms with E-state index < -0.39 is 22.8 Å². The first kappa shape index (κ1) is 27.4. The number of hydrogen-bond donors (Lipinski definition) is 1. The molecule has 1 aliphatic carbocycles. The molecule has 3 heterocycles. The number of carbonyl (C=O) groups is 2. The van der Waals surface area contributed by atoms with Gasteiger partial charge in [-0.2, -0.15) is 5.06 Å². The number of carboxylic acid groups (broad SMARTS) is 1. The number of nitrogens with zero attached hydrogens (tertiary/aromatic N) is 4. The van der Waals surface area contributed by atoms with E-state index in [1.54, 1.807) is 22.6 Å². The van der Waals surface area contributed by atoms with Gasteiger partial charge in [0, 0.05) is 37.3 Å². The summed E-state index contributed by atoms with van der Waals surface area (Å²) in [6.45, 7) is 9.63. The van der Waals surface area contributed by atoms with Gasteiger partial charge in [0.1, 0.15) is 11.4 Å². The summed E-state index contributed by atoms with van der Waals surface area (Å²) in [5, 5.41) is 11.6. The van der Waals surface area contributed by atoms with Crippen LogP contribution in [0.3, 0.4) is 0 Å². The van der Waals surface area contributed by atoms with Gasteiger partial charge in [-0.25, -0.2) is 9.18 Å². The first-order valence-corrected chi connectivity index (χ1v) is 14.0. The largest absolute Gasteiger partial charge is 0.477 e. The highest BCUT2D eigenvalue weighted by Crippen LogP contribution is 2.50. The Morgan fingerprint density at radius 3 is 2.41 bits per heavy atom. The quantitative estimate of drug-likeness (QED) is 0.441. The maximum Gasteiger partial charge on any atom is 0.341 e. The number of carboxylic acids is 1. The Kier molecular flexibility index (Phi) is 6.28. The van der Waals surface area contributed by atoms with Crippen molar-refractivity contribution in [3.05, 3.63) is 74.8 Å². The summed E-state index contributed by atoms with van der Waals surface area (Å²) in [6.07, 6.45) is 3.98. The molecule has 6 rings (SSSR count). The second-order valence-corrected chi connectivity index (χ2v) is 12.3. The molecule has 216 valence electrons. The van der Waals surface area contributed by atoms with E-state index in [-0.39, 0.29) is 28.6 Å². The van der Waals surface area contributed by atoms with E-state index in [2.05, 4.69) is 39.8 Å². The number of benzene rings is 2. The number of anilines is 1. The first-order chi connectivity index (χ1) is 19.4. The van der Waals surface area contributed by atoms with Crippen molar-refractivity contribution in [3.8, 4) is 0 Å². The van der Waals surface area contributed by atoms with Gasteiger partial charge in [-0.1, -0.05) is 18.2 Å². The molecule has 2 aliphatic heterocycles. The molecule has 0 radical (unpaired) electrons. The topological polar surface area (TPSA) is 95.3 Å². The van der Waals surface area contributed by atoms with Gasteiger partial charge in [0.2, 0.25) is 11.8 Å². The zero-order valence-corrected chi connectivity index (χ0v) is 24.0. The third-order valence-electron chi connectivity index (χ3n) is 9.11. The molecule has 1 saturated heterocycles. The summed E-state index contributed by atoms with van der Waals surface area (Å²) < 4.78 is 17.5. The zero-order valence-electron chi connectivity index (χ0n) is 24.0. The molecule has 2 fully saturated rings. The maximum absolute atomic E-state index is 15.7. The molecule has 1 N–H and O–H groups in total. The van der Waals surface area contributed by atoms with E-state index in [1.165, 1.54) is 12.3 Å². The number of rotatable bonds is 6. The molecule has 3 aromatic rings. The number of aromatic carboxylic acids is 1. The van der Waals surface area contributed by atoms with Crippen LogP contribution in [-0.2, 0) is 20.7 Å². The predicted octanol–water partition coefficient (Wildman–Crippen LogP) is 4.54. The van der Waals surface area contributed by atoms with Crippen molar-refractivity contribution in [2.24, 2.45) is 0 Å². The monoisotopic (exact) mass is 562 g/mol. The molecule has 10 heteroatoms. The molecule has 0 spiro atoms. The average molecular weight is 563 g/mol. The first-order valence-electron chi connectivity index (χ1n) is 14.0. The Labute approximate surface area is 237 Å². The summed E-state index contributed by atoms with van der Waals surface area (Å²) >= 11 is 0. The number of piperazine rings is 1. The number of hydrogen-bond acceptors (Lipinski definition) is 6. The number of fused-ring (bicyclic) bond motifs is 2. The van der Waals surface area contributed by atoms with Crippen molar-refractivity contribution >= 4 is 29.0 Å². The van der Waals surface area contributed by atoms with Gasteiger partial charge in [0.15, 0.2) is 0 Å². The molecule has 1 unspecified atom stereocenters. The molecule has 1 atom stereocenters. The van der Waals surface area contributed by atoms with Gasteiger partial charge in [-0.05, 0) is 69.4 Å². The molecule has 0 bridgehead atoms. The molecule has 3 aliphatic rings. The van der Waals surface area contributed by atoms with E-state index >= 15 is 4.39 Å². The predicted molar refractivity (Wildman–Crippen MR) is 152 cm³/mol. The van der Waals surface area contributed by atoms with Crippen LogP contribution in [0, 0.1) is 5.82 Å². The molecule has 41 heavy (non-hydrogen) atoms. The second kappa shape index (κ2) is 9.39. The number of hydroxylamine groups is 2. The summed E-state index contributed by atoms with van der Waals surface area (Å²) in [4.78, 5) is 46.3. The normalized spacial score (nSPS) is 21.8. The molecule has 1 amide bonds. The number of carbonyl (C=O) groups excluding carboxylic acids is 1. The Morgan fingerprint density at radius 1 is 1.07 bits per heavy atom. The fraction of sp³-hybridized carbons (Fsp3) is 0.452. The summed E-state index contributed by atoms with van der Waals surface area (Å²) in [5.41, 5.74) is 2.27. The maximum atomic E-state index is 15.7. The third kappa shape index (κ3) is 4.15. The zero-order chi connectivity index (χ0) is 29.4. The van der Waals surface area contributed by atoms with Crippen LogP contribution in [0.5, 0.6) is 0 Å². The highest BCUT2D eigenvalue weighted by Gasteiger charge is 2.50. The molecular weight excluding hydrogens is 527 g/mol. The van der Waals surface area contributed by atoms with Crippen molar-refractivity contribution in [1.29, 1.82) is 0 Å². The standard InChI is InChI=1S/C31H35FN4O5/c1-30(2)22-9-6-18(12-23(22)31(3,4)36(30)41-5)27-16-33(10-11-34(27)17-37)26-14-25-20(13-24(26)32)28(38)21(29(39)40)15-35(25)19-7-8-19/h6,9,12-15,17,19,27H,7-8,10-11,16H2,1-5H3,(H,39,40). The number of pyridine rings is 1. The van der Waals surface area contributed by atoms with Crippen LogP contribution in [0.2, 0.25) is 0 Å². The molecular formula is C31H35FN4O5. The van der Waals surface area contributed by atoms with Crippen LogP contribution in [0.25, 0.3) is 10.9 Å². The van der Waals surface area contributed by atoms with Crippen LogP contribution in [0.1, 0.15) is 79.7 Å². The molecule has 2 aromatic carbocycles. The van der Waals surface area contributed by atoms with Crippen molar-refractivity contribution in [1.82, 2.24) is 14.5 Å². The van der Waals surface area contributed by atoms with Crippen molar-refractivity contribution in [2.75, 3.05) is 31.6 Å². The van der Waals surface area contributed by atoms with Gasteiger partial charge in [-0.15, -0.1) is 0 Å². The lowest BCUT2D eigenvalue weighted by atomic mass is 9.87. The molecule has 9 nitrogen and oxygen atoms in total. The lowest BCUT2D eigenvalue weighted by molar-refractivity contribution is -0.241. The van der Waals surface area contributed by atoms with E-state index in [0.717, 1.165) is 35.9 Å². The smallest absolute Gasteiger partial charge is 0.341 e. The Morgan fingerprint density at radius 2 is 1.78 bits per heavy atom. The van der Waals surface area contributed by atoms with Crippen LogP contribution in [0.4, 0.5) is 10.1 Å². The highest BCUT2D eigenvalue weighted by molar-refractivity contribution is 5.93. The SMILES string of the molecule is CON1C(C)(C)c2ccc(C3CN(c4cc5c(cc4F)c(=O)c(C(=O)O)cn5C4CC4)CCN3C=O)cc2C1(C)C. The van der Waals surface area contributed by atoms with Crippen molar-refractivity contribution in [3.63, 3.8) is 0 Å². The Hall–Kier alpha value is -3.76. The minimum absolute atomic E-state index is 0.0623. The Bertz CT molecular complexity index is 1640. The molecule has 1 saturated carbocycles. The third-order valence-corrected chi connectivity index (χ3v) is 9.11. The van der Waals surface area contributed by atoms with Crippen LogP contribution >= 0.6 is 0 Å². The summed E-state index contributed by atoms with van der Waals surface area (Å²) in [7, 11) is 1.67. The van der Waals surface area contributed by atoms with Crippen LogP contribution in [0.15, 0.2) is 41.3 Å². The van der Waals surface area contributed by atoms with Gasteiger partial charge < -0.3 is 24.3 Å². The van der Waals surface area contributed by atoms with Crippen molar-refractivity contribution < 1.29 is 23.9 Å². The fourth-order valence-electron chi connectivity index (χ4n) is 7.03.